The minimum absolute atomic E-state index is 0.197. The minimum Gasteiger partial charge on any atom is -0.479 e. The fraction of sp³-hybridized carbons (Fsp3) is 0.833. The lowest BCUT2D eigenvalue weighted by Gasteiger charge is -2.26. The molecule has 0 unspecified atom stereocenters. The van der Waals surface area contributed by atoms with Crippen LogP contribution in [0, 0.1) is 5.41 Å². The topological polar surface area (TPSA) is 89.9 Å². The van der Waals surface area contributed by atoms with E-state index in [0.29, 0.717) is 13.1 Å². The number of aliphatic carboxylic acids is 1. The first-order valence-electron chi connectivity index (χ1n) is 6.38. The number of carbonyl (C=O) groups is 2. The predicted octanol–water partition coefficient (Wildman–Crippen LogP) is 0.654. The Morgan fingerprint density at radius 1 is 1.39 bits per heavy atom. The smallest absolute Gasteiger partial charge is 0.334 e. The van der Waals surface area contributed by atoms with Gasteiger partial charge in [0.25, 0.3) is 0 Å². The molecule has 1 aliphatic rings. The van der Waals surface area contributed by atoms with Crippen LogP contribution in [-0.2, 0) is 4.79 Å². The monoisotopic (exact) mass is 258 g/mol. The average molecular weight is 258 g/mol. The van der Waals surface area contributed by atoms with E-state index < -0.39 is 12.1 Å². The summed E-state index contributed by atoms with van der Waals surface area (Å²) in [6.45, 7) is 5.39. The van der Waals surface area contributed by atoms with Crippen LogP contribution in [0.4, 0.5) is 4.79 Å². The molecule has 0 aromatic carbocycles. The summed E-state index contributed by atoms with van der Waals surface area (Å²) >= 11 is 0. The number of carbonyl (C=O) groups excluding carboxylic acids is 1. The fourth-order valence-corrected chi connectivity index (χ4v) is 2.32. The zero-order valence-electron chi connectivity index (χ0n) is 11.0. The molecular weight excluding hydrogens is 236 g/mol. The number of carboxylic acid groups (broad SMARTS) is 1. The van der Waals surface area contributed by atoms with Crippen molar-refractivity contribution in [1.29, 1.82) is 0 Å². The standard InChI is InChI=1S/C12H22N2O4/c1-3-12(4-2)5-6-14(8-12)11(18)13-7-9(15)10(16)17/h9,15H,3-8H2,1-2H3,(H,13,18)(H,16,17)/t9-/m0/s1. The Labute approximate surface area is 107 Å². The van der Waals surface area contributed by atoms with E-state index >= 15 is 0 Å². The zero-order chi connectivity index (χ0) is 13.8. The summed E-state index contributed by atoms with van der Waals surface area (Å²) in [5, 5.41) is 20.0. The van der Waals surface area contributed by atoms with Gasteiger partial charge in [0, 0.05) is 13.1 Å². The maximum Gasteiger partial charge on any atom is 0.334 e. The summed E-state index contributed by atoms with van der Waals surface area (Å²) in [6, 6.07) is -0.293. The van der Waals surface area contributed by atoms with Gasteiger partial charge in [-0.2, -0.15) is 0 Å². The highest BCUT2D eigenvalue weighted by Crippen LogP contribution is 2.36. The number of aliphatic hydroxyl groups is 1. The Bertz CT molecular complexity index is 315. The molecule has 0 aromatic heterocycles. The van der Waals surface area contributed by atoms with Crippen LogP contribution < -0.4 is 5.32 Å². The van der Waals surface area contributed by atoms with Gasteiger partial charge in [0.05, 0.1) is 6.54 Å². The van der Waals surface area contributed by atoms with E-state index in [0.717, 1.165) is 19.3 Å². The van der Waals surface area contributed by atoms with Gasteiger partial charge in [0.1, 0.15) is 0 Å². The van der Waals surface area contributed by atoms with Gasteiger partial charge >= 0.3 is 12.0 Å². The number of likely N-dealkylation sites (tertiary alicyclic amines) is 1. The molecule has 3 N–H and O–H groups in total. The van der Waals surface area contributed by atoms with Crippen LogP contribution >= 0.6 is 0 Å². The van der Waals surface area contributed by atoms with Crippen molar-refractivity contribution >= 4 is 12.0 Å². The molecule has 0 aliphatic carbocycles. The molecule has 104 valence electrons. The summed E-state index contributed by atoms with van der Waals surface area (Å²) < 4.78 is 0. The van der Waals surface area contributed by atoms with Crippen molar-refractivity contribution in [1.82, 2.24) is 10.2 Å². The van der Waals surface area contributed by atoms with Crippen molar-refractivity contribution in [3.05, 3.63) is 0 Å². The highest BCUT2D eigenvalue weighted by atomic mass is 16.4. The van der Waals surface area contributed by atoms with Gasteiger partial charge in [-0.15, -0.1) is 0 Å². The van der Waals surface area contributed by atoms with Crippen LogP contribution in [0.25, 0.3) is 0 Å². The van der Waals surface area contributed by atoms with Crippen molar-refractivity contribution in [2.24, 2.45) is 5.41 Å². The molecule has 0 bridgehead atoms. The Kier molecular flexibility index (Phi) is 4.95. The Balaban J connectivity index is 2.43. The fourth-order valence-electron chi connectivity index (χ4n) is 2.32. The molecule has 1 fully saturated rings. The Hall–Kier alpha value is -1.30. The lowest BCUT2D eigenvalue weighted by molar-refractivity contribution is -0.146. The molecule has 1 rings (SSSR count). The molecule has 6 heteroatoms. The lowest BCUT2D eigenvalue weighted by Crippen LogP contribution is -2.44. The number of aliphatic hydroxyl groups excluding tert-OH is 1. The highest BCUT2D eigenvalue weighted by molar-refractivity contribution is 5.77. The number of rotatable bonds is 5. The van der Waals surface area contributed by atoms with Crippen LogP contribution in [-0.4, -0.2) is 52.9 Å². The predicted molar refractivity (Wildman–Crippen MR) is 66.2 cm³/mol. The Morgan fingerprint density at radius 3 is 2.44 bits per heavy atom. The van der Waals surface area contributed by atoms with E-state index in [1.54, 1.807) is 4.90 Å². The number of hydrogen-bond donors (Lipinski definition) is 3. The van der Waals surface area contributed by atoms with Gasteiger partial charge in [-0.25, -0.2) is 9.59 Å². The molecule has 2 amide bonds. The normalized spacial score (nSPS) is 19.6. The zero-order valence-corrected chi connectivity index (χ0v) is 11.0. The number of urea groups is 1. The first-order valence-corrected chi connectivity index (χ1v) is 6.38. The van der Waals surface area contributed by atoms with Crippen LogP contribution in [0.3, 0.4) is 0 Å². The van der Waals surface area contributed by atoms with E-state index in [4.69, 9.17) is 10.2 Å². The largest absolute Gasteiger partial charge is 0.479 e. The van der Waals surface area contributed by atoms with Crippen molar-refractivity contribution in [3.63, 3.8) is 0 Å². The second-order valence-corrected chi connectivity index (χ2v) is 4.92. The van der Waals surface area contributed by atoms with Gasteiger partial charge in [0.2, 0.25) is 0 Å². The quantitative estimate of drug-likeness (QED) is 0.675. The van der Waals surface area contributed by atoms with E-state index in [9.17, 15) is 9.59 Å². The van der Waals surface area contributed by atoms with Gasteiger partial charge in [-0.1, -0.05) is 13.8 Å². The number of amides is 2. The van der Waals surface area contributed by atoms with Crippen LogP contribution in [0.5, 0.6) is 0 Å². The summed E-state index contributed by atoms with van der Waals surface area (Å²) in [5.41, 5.74) is 0.197. The SMILES string of the molecule is CCC1(CC)CCN(C(=O)NC[C@H](O)C(=O)O)C1. The van der Waals surface area contributed by atoms with Gasteiger partial charge in [0.15, 0.2) is 6.10 Å². The molecule has 0 aromatic rings. The number of nitrogens with zero attached hydrogens (tertiary/aromatic N) is 1. The van der Waals surface area contributed by atoms with E-state index in [2.05, 4.69) is 19.2 Å². The molecule has 18 heavy (non-hydrogen) atoms. The molecule has 1 heterocycles. The first-order chi connectivity index (χ1) is 8.44. The summed E-state index contributed by atoms with van der Waals surface area (Å²) in [4.78, 5) is 23.9. The van der Waals surface area contributed by atoms with E-state index in [1.165, 1.54) is 0 Å². The summed E-state index contributed by atoms with van der Waals surface area (Å²) in [5.74, 6) is -1.33. The molecule has 6 nitrogen and oxygen atoms in total. The maximum atomic E-state index is 11.8. The van der Waals surface area contributed by atoms with Crippen molar-refractivity contribution in [2.75, 3.05) is 19.6 Å². The number of carboxylic acids is 1. The second-order valence-electron chi connectivity index (χ2n) is 4.92. The van der Waals surface area contributed by atoms with Crippen molar-refractivity contribution in [3.8, 4) is 0 Å². The molecular formula is C12H22N2O4. The van der Waals surface area contributed by atoms with Gasteiger partial charge in [-0.3, -0.25) is 0 Å². The van der Waals surface area contributed by atoms with Gasteiger partial charge in [-0.05, 0) is 24.7 Å². The number of hydrogen-bond acceptors (Lipinski definition) is 3. The first kappa shape index (κ1) is 14.8. The third-order valence-corrected chi connectivity index (χ3v) is 3.96. The van der Waals surface area contributed by atoms with Crippen LogP contribution in [0.2, 0.25) is 0 Å². The highest BCUT2D eigenvalue weighted by Gasteiger charge is 2.37. The van der Waals surface area contributed by atoms with Crippen LogP contribution in [0.15, 0.2) is 0 Å². The molecule has 1 aliphatic heterocycles. The second kappa shape index (κ2) is 6.04. The maximum absolute atomic E-state index is 11.8. The van der Waals surface area contributed by atoms with E-state index in [1.807, 2.05) is 0 Å². The minimum atomic E-state index is -1.54. The van der Waals surface area contributed by atoms with Crippen LogP contribution in [0.1, 0.15) is 33.1 Å². The Morgan fingerprint density at radius 2 is 2.00 bits per heavy atom. The van der Waals surface area contributed by atoms with E-state index in [-0.39, 0.29) is 18.0 Å². The average Bonchev–Trinajstić information content (AvgIpc) is 2.80. The molecule has 0 saturated carbocycles. The molecule has 0 spiro atoms. The summed E-state index contributed by atoms with van der Waals surface area (Å²) in [7, 11) is 0. The lowest BCUT2D eigenvalue weighted by atomic mass is 9.82. The van der Waals surface area contributed by atoms with Crippen molar-refractivity contribution < 1.29 is 19.8 Å². The number of nitrogens with one attached hydrogen (secondary N) is 1. The summed E-state index contributed by atoms with van der Waals surface area (Å²) in [6.07, 6.45) is 1.50. The third-order valence-electron chi connectivity index (χ3n) is 3.96. The molecule has 1 atom stereocenters. The third kappa shape index (κ3) is 3.35. The molecule has 0 radical (unpaired) electrons. The van der Waals surface area contributed by atoms with Crippen molar-refractivity contribution in [2.45, 2.75) is 39.2 Å². The van der Waals surface area contributed by atoms with Gasteiger partial charge < -0.3 is 20.4 Å². The molecule has 1 saturated heterocycles.